The van der Waals surface area contributed by atoms with Crippen molar-refractivity contribution in [3.63, 3.8) is 0 Å². The van der Waals surface area contributed by atoms with E-state index in [9.17, 15) is 5.11 Å². The Balaban J connectivity index is 1.62. The maximum Gasteiger partial charge on any atom is 0.129 e. The summed E-state index contributed by atoms with van der Waals surface area (Å²) in [4.78, 5) is 5.18. The number of fused-ring (bicyclic) bond motifs is 5. The molecule has 0 aliphatic heterocycles. The quantitative estimate of drug-likeness (QED) is 0.300. The maximum absolute atomic E-state index is 10.6. The van der Waals surface area contributed by atoms with Crippen LogP contribution < -0.4 is 5.73 Å². The lowest BCUT2D eigenvalue weighted by molar-refractivity contribution is -0.0536. The predicted octanol–water partition coefficient (Wildman–Crippen LogP) is 4.83. The van der Waals surface area contributed by atoms with Gasteiger partial charge in [0, 0.05) is 6.54 Å². The van der Waals surface area contributed by atoms with Crippen molar-refractivity contribution >= 4 is 6.21 Å². The highest BCUT2D eigenvalue weighted by Crippen LogP contribution is 2.66. The van der Waals surface area contributed by atoms with E-state index in [0.29, 0.717) is 24.5 Å². The highest BCUT2D eigenvalue weighted by molar-refractivity contribution is 5.77. The van der Waals surface area contributed by atoms with E-state index in [2.05, 4.69) is 38.1 Å². The third-order valence-electron chi connectivity index (χ3n) is 9.07. The van der Waals surface area contributed by atoms with Crippen molar-refractivity contribution in [1.29, 1.82) is 0 Å². The fourth-order valence-corrected chi connectivity index (χ4v) is 7.61. The first-order chi connectivity index (χ1) is 13.9. The summed E-state index contributed by atoms with van der Waals surface area (Å²) in [6, 6.07) is 0. The smallest absolute Gasteiger partial charge is 0.129 e. The van der Waals surface area contributed by atoms with Gasteiger partial charge in [0.2, 0.25) is 0 Å². The highest BCUT2D eigenvalue weighted by Gasteiger charge is 2.57. The summed E-state index contributed by atoms with van der Waals surface area (Å²) < 4.78 is 0. The van der Waals surface area contributed by atoms with E-state index < -0.39 is 0 Å². The van der Waals surface area contributed by atoms with Crippen LogP contribution in [0, 0.1) is 34.5 Å². The molecule has 4 nitrogen and oxygen atoms in total. The van der Waals surface area contributed by atoms with Crippen molar-refractivity contribution in [2.24, 2.45) is 45.4 Å². The van der Waals surface area contributed by atoms with E-state index in [-0.39, 0.29) is 11.5 Å². The Labute approximate surface area is 176 Å². The first kappa shape index (κ1) is 21.1. The second kappa shape index (κ2) is 8.19. The largest absolute Gasteiger partial charge is 0.394 e. The summed E-state index contributed by atoms with van der Waals surface area (Å²) in [5.41, 5.74) is 8.84. The predicted molar refractivity (Wildman–Crippen MR) is 118 cm³/mol. The topological polar surface area (TPSA) is 67.8 Å². The van der Waals surface area contributed by atoms with Gasteiger partial charge >= 0.3 is 0 Å². The van der Waals surface area contributed by atoms with Gasteiger partial charge in [-0.25, -0.2) is 0 Å². The van der Waals surface area contributed by atoms with Gasteiger partial charge in [0.1, 0.15) is 6.61 Å². The second-order valence-corrected chi connectivity index (χ2v) is 10.7. The summed E-state index contributed by atoms with van der Waals surface area (Å²) in [6.45, 7) is 8.09. The van der Waals surface area contributed by atoms with Crippen molar-refractivity contribution in [3.05, 3.63) is 23.3 Å². The zero-order valence-electron chi connectivity index (χ0n) is 18.6. The van der Waals surface area contributed by atoms with Gasteiger partial charge in [-0.1, -0.05) is 43.1 Å². The van der Waals surface area contributed by atoms with Crippen molar-refractivity contribution in [3.8, 4) is 0 Å². The Kier molecular flexibility index (Phi) is 5.96. The number of aliphatic hydroxyl groups is 1. The van der Waals surface area contributed by atoms with E-state index in [1.165, 1.54) is 44.1 Å². The Morgan fingerprint density at radius 1 is 1.31 bits per heavy atom. The molecule has 0 radical (unpaired) electrons. The molecular formula is C25H40N2O2. The van der Waals surface area contributed by atoms with Gasteiger partial charge in [-0.05, 0) is 91.9 Å². The van der Waals surface area contributed by atoms with Crippen LogP contribution in [0.1, 0.15) is 72.1 Å². The fourth-order valence-electron chi connectivity index (χ4n) is 7.61. The Bertz CT molecular complexity index is 699. The first-order valence-electron chi connectivity index (χ1n) is 11.8. The molecule has 4 aliphatic carbocycles. The Morgan fingerprint density at radius 3 is 2.93 bits per heavy atom. The van der Waals surface area contributed by atoms with Gasteiger partial charge in [0.15, 0.2) is 0 Å². The zero-order chi connectivity index (χ0) is 20.6. The van der Waals surface area contributed by atoms with Crippen molar-refractivity contribution in [2.75, 3.05) is 13.2 Å². The second-order valence-electron chi connectivity index (χ2n) is 10.7. The zero-order valence-corrected chi connectivity index (χ0v) is 18.6. The maximum atomic E-state index is 10.6. The van der Waals surface area contributed by atoms with Crippen LogP contribution in [-0.4, -0.2) is 30.6 Å². The molecule has 0 spiro atoms. The molecule has 162 valence electrons. The number of allylic oxidation sites excluding steroid dienone is 3. The summed E-state index contributed by atoms with van der Waals surface area (Å²) in [5, 5.41) is 14.7. The van der Waals surface area contributed by atoms with Gasteiger partial charge in [0.05, 0.1) is 12.3 Å². The molecule has 0 heterocycles. The highest BCUT2D eigenvalue weighted by atomic mass is 16.6. The minimum atomic E-state index is -0.231. The number of hydrogen-bond acceptors (Lipinski definition) is 4. The van der Waals surface area contributed by atoms with Crippen LogP contribution >= 0.6 is 0 Å². The van der Waals surface area contributed by atoms with Crippen LogP contribution in [0.2, 0.25) is 0 Å². The Hall–Kier alpha value is -1.13. The standard InChI is InChI=1S/C25H40N2O2/c1-17(16-27-29-12-11-26)13-19-15-20(28)14-18-6-7-21-22-5-4-9-24(22,2)10-8-23(21)25(18,19)3/h6,13,16,19-23,28H,4-5,7-12,14-15,26H2,1-3H3/b17-13+,27-16+/t19?,20-,21+,22+,23+,24+,25-/m1/s1. The van der Waals surface area contributed by atoms with E-state index in [1.54, 1.807) is 6.21 Å². The summed E-state index contributed by atoms with van der Waals surface area (Å²) in [6.07, 6.45) is 16.4. The molecule has 7 atom stereocenters. The number of hydrogen-bond donors (Lipinski definition) is 2. The number of aliphatic hydroxyl groups excluding tert-OH is 1. The summed E-state index contributed by atoms with van der Waals surface area (Å²) in [7, 11) is 0. The summed E-state index contributed by atoms with van der Waals surface area (Å²) in [5.74, 6) is 2.81. The van der Waals surface area contributed by atoms with Crippen LogP contribution in [0.5, 0.6) is 0 Å². The van der Waals surface area contributed by atoms with Crippen molar-refractivity contribution in [1.82, 2.24) is 0 Å². The van der Waals surface area contributed by atoms with Crippen molar-refractivity contribution in [2.45, 2.75) is 78.2 Å². The van der Waals surface area contributed by atoms with Crippen LogP contribution in [0.4, 0.5) is 0 Å². The molecule has 0 amide bonds. The molecule has 4 aliphatic rings. The van der Waals surface area contributed by atoms with E-state index in [1.807, 2.05) is 0 Å². The first-order valence-corrected chi connectivity index (χ1v) is 11.8. The van der Waals surface area contributed by atoms with Gasteiger partial charge in [0.25, 0.3) is 0 Å². The molecular weight excluding hydrogens is 360 g/mol. The molecule has 0 saturated heterocycles. The lowest BCUT2D eigenvalue weighted by atomic mass is 9.45. The molecule has 0 bridgehead atoms. The molecule has 4 heteroatoms. The average molecular weight is 401 g/mol. The normalized spacial score (nSPS) is 44.8. The van der Waals surface area contributed by atoms with Gasteiger partial charge < -0.3 is 15.7 Å². The molecule has 3 fully saturated rings. The molecule has 3 N–H and O–H groups in total. The lowest BCUT2D eigenvalue weighted by Crippen LogP contribution is -2.52. The molecule has 0 aromatic carbocycles. The monoisotopic (exact) mass is 400 g/mol. The number of nitrogens with two attached hydrogens (primary N) is 1. The lowest BCUT2D eigenvalue weighted by Gasteiger charge is -2.59. The Morgan fingerprint density at radius 2 is 2.14 bits per heavy atom. The molecule has 4 rings (SSSR count). The number of nitrogens with zero attached hydrogens (tertiary/aromatic N) is 1. The minimum Gasteiger partial charge on any atom is -0.394 e. The van der Waals surface area contributed by atoms with E-state index >= 15 is 0 Å². The molecule has 3 saturated carbocycles. The van der Waals surface area contributed by atoms with Crippen molar-refractivity contribution < 1.29 is 9.94 Å². The average Bonchev–Trinajstić information content (AvgIpc) is 3.08. The SMILES string of the molecule is CC(/C=N/OCCN)=C\C1C[C@H](O)CC2=CC[C@H]3[C@@H]4CCC[C@@]4(C)CC[C@@H]3[C@]21C. The number of oxime groups is 1. The molecule has 0 aromatic rings. The third-order valence-corrected chi connectivity index (χ3v) is 9.07. The van der Waals surface area contributed by atoms with Gasteiger partial charge in [-0.3, -0.25) is 0 Å². The molecule has 29 heavy (non-hydrogen) atoms. The molecule has 1 unspecified atom stereocenters. The fraction of sp³-hybridized carbons (Fsp3) is 0.800. The van der Waals surface area contributed by atoms with Gasteiger partial charge in [-0.2, -0.15) is 0 Å². The van der Waals surface area contributed by atoms with Crippen LogP contribution in [-0.2, 0) is 4.84 Å². The van der Waals surface area contributed by atoms with E-state index in [4.69, 9.17) is 10.6 Å². The van der Waals surface area contributed by atoms with E-state index in [0.717, 1.165) is 36.2 Å². The van der Waals surface area contributed by atoms with Gasteiger partial charge in [-0.15, -0.1) is 0 Å². The van der Waals surface area contributed by atoms with Crippen LogP contribution in [0.15, 0.2) is 28.5 Å². The third kappa shape index (κ3) is 3.72. The summed E-state index contributed by atoms with van der Waals surface area (Å²) >= 11 is 0. The number of rotatable bonds is 5. The van der Waals surface area contributed by atoms with Crippen LogP contribution in [0.25, 0.3) is 0 Å². The molecule has 0 aromatic heterocycles. The van der Waals surface area contributed by atoms with Crippen LogP contribution in [0.3, 0.4) is 0 Å². The minimum absolute atomic E-state index is 0.166.